The van der Waals surface area contributed by atoms with Crippen LogP contribution in [0.4, 0.5) is 17.1 Å². The molecule has 2 N–H and O–H groups in total. The number of hydrogen-bond acceptors (Lipinski definition) is 6. The van der Waals surface area contributed by atoms with Gasteiger partial charge < -0.3 is 10.5 Å². The molecular weight excluding hydrogens is 278 g/mol. The standard InChI is InChI=1S/C13H11N3O5/c14-10-1-6-13(16(19)20)9(7-10)8-21-12-4-2-11(3-5-12)15(17)18/h1-7H,8,14H2. The summed E-state index contributed by atoms with van der Waals surface area (Å²) >= 11 is 0. The van der Waals surface area contributed by atoms with Gasteiger partial charge in [-0.05, 0) is 24.3 Å². The van der Waals surface area contributed by atoms with E-state index in [9.17, 15) is 20.2 Å². The molecule has 8 nitrogen and oxygen atoms in total. The topological polar surface area (TPSA) is 122 Å². The zero-order valence-electron chi connectivity index (χ0n) is 10.8. The summed E-state index contributed by atoms with van der Waals surface area (Å²) < 4.78 is 5.39. The van der Waals surface area contributed by atoms with Crippen molar-refractivity contribution in [1.29, 1.82) is 0 Å². The molecule has 21 heavy (non-hydrogen) atoms. The number of non-ortho nitro benzene ring substituents is 1. The number of rotatable bonds is 5. The number of nitrogens with two attached hydrogens (primary N) is 1. The molecule has 0 fully saturated rings. The Kier molecular flexibility index (Phi) is 3.98. The normalized spacial score (nSPS) is 10.1. The second-order valence-electron chi connectivity index (χ2n) is 4.18. The first kappa shape index (κ1) is 14.3. The Bertz CT molecular complexity index is 685. The van der Waals surface area contributed by atoms with Gasteiger partial charge in [0.15, 0.2) is 0 Å². The lowest BCUT2D eigenvalue weighted by Gasteiger charge is -2.07. The fraction of sp³-hybridized carbons (Fsp3) is 0.0769. The predicted molar refractivity (Wildman–Crippen MR) is 74.9 cm³/mol. The highest BCUT2D eigenvalue weighted by Gasteiger charge is 2.14. The highest BCUT2D eigenvalue weighted by atomic mass is 16.6. The average molecular weight is 289 g/mol. The number of ether oxygens (including phenoxy) is 1. The van der Waals surface area contributed by atoms with Crippen molar-refractivity contribution in [3.8, 4) is 5.75 Å². The van der Waals surface area contributed by atoms with E-state index in [2.05, 4.69) is 0 Å². The first-order valence-corrected chi connectivity index (χ1v) is 5.87. The SMILES string of the molecule is Nc1ccc([N+](=O)[O-])c(COc2ccc([N+](=O)[O-])cc2)c1. The molecule has 2 rings (SSSR count). The maximum atomic E-state index is 10.9. The zero-order valence-corrected chi connectivity index (χ0v) is 10.8. The molecule has 0 aromatic heterocycles. The minimum absolute atomic E-state index is 0.0564. The second-order valence-corrected chi connectivity index (χ2v) is 4.18. The molecule has 0 saturated carbocycles. The molecular formula is C13H11N3O5. The first-order chi connectivity index (χ1) is 9.97. The van der Waals surface area contributed by atoms with Crippen LogP contribution in [0.1, 0.15) is 5.56 Å². The smallest absolute Gasteiger partial charge is 0.276 e. The van der Waals surface area contributed by atoms with Crippen LogP contribution in [-0.4, -0.2) is 9.85 Å². The lowest BCUT2D eigenvalue weighted by atomic mass is 10.1. The average Bonchev–Trinajstić information content (AvgIpc) is 2.45. The molecule has 2 aromatic carbocycles. The van der Waals surface area contributed by atoms with Crippen molar-refractivity contribution in [1.82, 2.24) is 0 Å². The summed E-state index contributed by atoms with van der Waals surface area (Å²) in [6, 6.07) is 9.65. The first-order valence-electron chi connectivity index (χ1n) is 5.87. The third-order valence-corrected chi connectivity index (χ3v) is 2.74. The van der Waals surface area contributed by atoms with Gasteiger partial charge in [-0.15, -0.1) is 0 Å². The Morgan fingerprint density at radius 2 is 1.67 bits per heavy atom. The molecule has 8 heteroatoms. The Morgan fingerprint density at radius 1 is 1.00 bits per heavy atom. The van der Waals surface area contributed by atoms with Crippen LogP contribution >= 0.6 is 0 Å². The van der Waals surface area contributed by atoms with E-state index < -0.39 is 9.85 Å². The van der Waals surface area contributed by atoms with Gasteiger partial charge in [0, 0.05) is 23.9 Å². The van der Waals surface area contributed by atoms with E-state index in [-0.39, 0.29) is 18.0 Å². The molecule has 0 aliphatic heterocycles. The van der Waals surface area contributed by atoms with Gasteiger partial charge in [0.25, 0.3) is 11.4 Å². The second kappa shape index (κ2) is 5.87. The monoisotopic (exact) mass is 289 g/mol. The van der Waals surface area contributed by atoms with Crippen LogP contribution in [-0.2, 0) is 6.61 Å². The Labute approximate surface area is 119 Å². The highest BCUT2D eigenvalue weighted by molar-refractivity contribution is 5.51. The van der Waals surface area contributed by atoms with Crippen molar-refractivity contribution in [2.75, 3.05) is 5.73 Å². The molecule has 0 amide bonds. The third kappa shape index (κ3) is 3.44. The zero-order chi connectivity index (χ0) is 15.4. The minimum atomic E-state index is -0.521. The predicted octanol–water partition coefficient (Wildman–Crippen LogP) is 2.66. The fourth-order valence-corrected chi connectivity index (χ4v) is 1.72. The third-order valence-electron chi connectivity index (χ3n) is 2.74. The molecule has 0 unspecified atom stereocenters. The van der Waals surface area contributed by atoms with Gasteiger partial charge in [0.05, 0.1) is 15.4 Å². The maximum absolute atomic E-state index is 10.9. The number of nitro groups is 2. The van der Waals surface area contributed by atoms with E-state index in [4.69, 9.17) is 10.5 Å². The molecule has 0 heterocycles. The van der Waals surface area contributed by atoms with Crippen LogP contribution in [0.3, 0.4) is 0 Å². The number of nitrogens with zero attached hydrogens (tertiary/aromatic N) is 2. The van der Waals surface area contributed by atoms with E-state index in [0.29, 0.717) is 17.0 Å². The van der Waals surface area contributed by atoms with Crippen molar-refractivity contribution in [2.45, 2.75) is 6.61 Å². The molecule has 0 spiro atoms. The summed E-state index contributed by atoms with van der Waals surface area (Å²) in [6.07, 6.45) is 0. The van der Waals surface area contributed by atoms with Gasteiger partial charge in [-0.25, -0.2) is 0 Å². The Morgan fingerprint density at radius 3 is 2.24 bits per heavy atom. The summed E-state index contributed by atoms with van der Waals surface area (Å²) in [4.78, 5) is 20.4. The molecule has 2 aromatic rings. The van der Waals surface area contributed by atoms with Crippen LogP contribution in [0, 0.1) is 20.2 Å². The van der Waals surface area contributed by atoms with Crippen molar-refractivity contribution in [3.63, 3.8) is 0 Å². The van der Waals surface area contributed by atoms with Crippen molar-refractivity contribution in [3.05, 3.63) is 68.3 Å². The molecule has 0 bridgehead atoms. The minimum Gasteiger partial charge on any atom is -0.489 e. The summed E-state index contributed by atoms with van der Waals surface area (Å²) in [5.74, 6) is 0.373. The van der Waals surface area contributed by atoms with E-state index in [0.717, 1.165) is 0 Å². The summed E-state index contributed by atoms with van der Waals surface area (Å²) in [7, 11) is 0. The molecule has 0 aliphatic rings. The van der Waals surface area contributed by atoms with Crippen LogP contribution in [0.25, 0.3) is 0 Å². The van der Waals surface area contributed by atoms with Crippen LogP contribution in [0.15, 0.2) is 42.5 Å². The van der Waals surface area contributed by atoms with Crippen molar-refractivity contribution in [2.24, 2.45) is 0 Å². The van der Waals surface area contributed by atoms with Crippen LogP contribution in [0.5, 0.6) is 5.75 Å². The van der Waals surface area contributed by atoms with Gasteiger partial charge in [-0.3, -0.25) is 20.2 Å². The lowest BCUT2D eigenvalue weighted by molar-refractivity contribution is -0.385. The number of hydrogen-bond donors (Lipinski definition) is 1. The quantitative estimate of drug-likeness (QED) is 0.513. The van der Waals surface area contributed by atoms with Gasteiger partial charge in [0.1, 0.15) is 12.4 Å². The number of anilines is 1. The molecule has 108 valence electrons. The van der Waals surface area contributed by atoms with E-state index in [1.54, 1.807) is 0 Å². The van der Waals surface area contributed by atoms with Gasteiger partial charge in [0.2, 0.25) is 0 Å². The van der Waals surface area contributed by atoms with Gasteiger partial charge in [-0.1, -0.05) is 0 Å². The number of nitro benzene ring substituents is 2. The van der Waals surface area contributed by atoms with E-state index in [1.165, 1.54) is 42.5 Å². The largest absolute Gasteiger partial charge is 0.489 e. The lowest BCUT2D eigenvalue weighted by Crippen LogP contribution is -2.02. The van der Waals surface area contributed by atoms with Crippen molar-refractivity contribution < 1.29 is 14.6 Å². The van der Waals surface area contributed by atoms with Crippen LogP contribution < -0.4 is 10.5 Å². The molecule has 0 saturated heterocycles. The molecule has 0 aliphatic carbocycles. The molecule has 0 radical (unpaired) electrons. The van der Waals surface area contributed by atoms with Crippen molar-refractivity contribution >= 4 is 17.1 Å². The fourth-order valence-electron chi connectivity index (χ4n) is 1.72. The number of nitrogen functional groups attached to an aromatic ring is 1. The Hall–Kier alpha value is -3.16. The van der Waals surface area contributed by atoms with Gasteiger partial charge in [-0.2, -0.15) is 0 Å². The maximum Gasteiger partial charge on any atom is 0.276 e. The van der Waals surface area contributed by atoms with E-state index in [1.807, 2.05) is 0 Å². The van der Waals surface area contributed by atoms with Crippen LogP contribution in [0.2, 0.25) is 0 Å². The Balaban J connectivity index is 2.14. The number of benzene rings is 2. The summed E-state index contributed by atoms with van der Waals surface area (Å²) in [5.41, 5.74) is 6.17. The highest BCUT2D eigenvalue weighted by Crippen LogP contribution is 2.24. The summed E-state index contributed by atoms with van der Waals surface area (Å²) in [5, 5.41) is 21.4. The summed E-state index contributed by atoms with van der Waals surface area (Å²) in [6.45, 7) is -0.0564. The van der Waals surface area contributed by atoms with E-state index >= 15 is 0 Å². The molecule has 0 atom stereocenters. The van der Waals surface area contributed by atoms with Gasteiger partial charge >= 0.3 is 0 Å².